The second-order valence-corrected chi connectivity index (χ2v) is 5.58. The first-order valence-corrected chi connectivity index (χ1v) is 7.12. The third-order valence-corrected chi connectivity index (χ3v) is 4.10. The average molecular weight is 277 g/mol. The maximum atomic E-state index is 13.0. The molecule has 0 saturated carbocycles. The smallest absolute Gasteiger partial charge is 0.234 e. The van der Waals surface area contributed by atoms with Gasteiger partial charge in [0.1, 0.15) is 5.82 Å². The number of hydrogen-bond acceptors (Lipinski definition) is 2. The van der Waals surface area contributed by atoms with Crippen LogP contribution in [0.2, 0.25) is 0 Å². The molecular weight excluding hydrogens is 257 g/mol. The Labute approximate surface area is 118 Å². The van der Waals surface area contributed by atoms with Gasteiger partial charge in [-0.2, -0.15) is 0 Å². The monoisotopic (exact) mass is 277 g/mol. The SMILES string of the molecule is CCCC(C)C1CC(=O)NC(=O)C1c1ccc(F)cc1. The van der Waals surface area contributed by atoms with E-state index in [4.69, 9.17) is 0 Å². The van der Waals surface area contributed by atoms with Gasteiger partial charge in [0, 0.05) is 6.42 Å². The molecule has 0 radical (unpaired) electrons. The van der Waals surface area contributed by atoms with Crippen molar-refractivity contribution in [3.05, 3.63) is 35.6 Å². The zero-order valence-electron chi connectivity index (χ0n) is 11.9. The molecular formula is C16H20FNO2. The number of benzene rings is 1. The van der Waals surface area contributed by atoms with Crippen LogP contribution in [0.4, 0.5) is 4.39 Å². The van der Waals surface area contributed by atoms with Gasteiger partial charge < -0.3 is 0 Å². The molecule has 0 bridgehead atoms. The highest BCUT2D eigenvalue weighted by molar-refractivity contribution is 6.01. The van der Waals surface area contributed by atoms with E-state index in [1.807, 2.05) is 0 Å². The van der Waals surface area contributed by atoms with Gasteiger partial charge >= 0.3 is 0 Å². The van der Waals surface area contributed by atoms with Crippen molar-refractivity contribution in [1.82, 2.24) is 5.32 Å². The van der Waals surface area contributed by atoms with Gasteiger partial charge in [0.15, 0.2) is 0 Å². The largest absolute Gasteiger partial charge is 0.296 e. The lowest BCUT2D eigenvalue weighted by molar-refractivity contribution is -0.137. The first kappa shape index (κ1) is 14.7. The second kappa shape index (κ2) is 6.16. The van der Waals surface area contributed by atoms with E-state index < -0.39 is 0 Å². The Bertz CT molecular complexity index is 498. The van der Waals surface area contributed by atoms with Gasteiger partial charge in [0.05, 0.1) is 5.92 Å². The number of imide groups is 1. The topological polar surface area (TPSA) is 46.2 Å². The fourth-order valence-corrected chi connectivity index (χ4v) is 3.06. The molecule has 1 aromatic rings. The molecule has 3 nitrogen and oxygen atoms in total. The summed E-state index contributed by atoms with van der Waals surface area (Å²) in [5.41, 5.74) is 0.782. The van der Waals surface area contributed by atoms with E-state index in [2.05, 4.69) is 19.2 Å². The van der Waals surface area contributed by atoms with Crippen molar-refractivity contribution in [2.75, 3.05) is 0 Å². The van der Waals surface area contributed by atoms with Crippen molar-refractivity contribution in [3.63, 3.8) is 0 Å². The minimum atomic E-state index is -0.366. The van der Waals surface area contributed by atoms with Crippen LogP contribution in [0.25, 0.3) is 0 Å². The third kappa shape index (κ3) is 3.06. The van der Waals surface area contributed by atoms with Crippen LogP contribution in [-0.4, -0.2) is 11.8 Å². The Morgan fingerprint density at radius 2 is 1.95 bits per heavy atom. The predicted octanol–water partition coefficient (Wildman–Crippen LogP) is 3.01. The van der Waals surface area contributed by atoms with Crippen LogP contribution in [0.3, 0.4) is 0 Å². The Kier molecular flexibility index (Phi) is 4.53. The third-order valence-electron chi connectivity index (χ3n) is 4.10. The van der Waals surface area contributed by atoms with Gasteiger partial charge in [-0.15, -0.1) is 0 Å². The van der Waals surface area contributed by atoms with Gasteiger partial charge in [-0.3, -0.25) is 14.9 Å². The Hall–Kier alpha value is -1.71. The first-order valence-electron chi connectivity index (χ1n) is 7.12. The molecule has 1 aromatic carbocycles. The zero-order chi connectivity index (χ0) is 14.7. The lowest BCUT2D eigenvalue weighted by Crippen LogP contribution is -2.46. The molecule has 0 aliphatic carbocycles. The van der Waals surface area contributed by atoms with Crippen LogP contribution in [0, 0.1) is 17.7 Å². The summed E-state index contributed by atoms with van der Waals surface area (Å²) in [6.45, 7) is 4.17. The lowest BCUT2D eigenvalue weighted by atomic mass is 9.73. The number of halogens is 1. The molecule has 0 spiro atoms. The molecule has 2 rings (SSSR count). The number of hydrogen-bond donors (Lipinski definition) is 1. The van der Waals surface area contributed by atoms with Crippen LogP contribution in [0.5, 0.6) is 0 Å². The summed E-state index contributed by atoms with van der Waals surface area (Å²) in [6, 6.07) is 6.00. The van der Waals surface area contributed by atoms with Crippen molar-refractivity contribution in [2.45, 2.75) is 39.0 Å². The number of carbonyl (C=O) groups is 2. The van der Waals surface area contributed by atoms with Crippen molar-refractivity contribution in [3.8, 4) is 0 Å². The summed E-state index contributed by atoms with van der Waals surface area (Å²) in [5.74, 6) is -0.886. The molecule has 1 N–H and O–H groups in total. The van der Waals surface area contributed by atoms with Crippen molar-refractivity contribution in [1.29, 1.82) is 0 Å². The summed E-state index contributed by atoms with van der Waals surface area (Å²) in [5, 5.41) is 2.40. The summed E-state index contributed by atoms with van der Waals surface area (Å²) >= 11 is 0. The van der Waals surface area contributed by atoms with Crippen LogP contribution in [0.1, 0.15) is 44.6 Å². The lowest BCUT2D eigenvalue weighted by Gasteiger charge is -2.34. The van der Waals surface area contributed by atoms with E-state index >= 15 is 0 Å². The van der Waals surface area contributed by atoms with Crippen LogP contribution in [0.15, 0.2) is 24.3 Å². The molecule has 3 atom stereocenters. The molecule has 20 heavy (non-hydrogen) atoms. The Morgan fingerprint density at radius 3 is 2.55 bits per heavy atom. The minimum Gasteiger partial charge on any atom is -0.296 e. The normalized spacial score (nSPS) is 24.4. The molecule has 2 amide bonds. The molecule has 4 heteroatoms. The van der Waals surface area contributed by atoms with E-state index in [0.717, 1.165) is 18.4 Å². The first-order chi connectivity index (χ1) is 9.52. The average Bonchev–Trinajstić information content (AvgIpc) is 2.39. The van der Waals surface area contributed by atoms with Crippen molar-refractivity contribution < 1.29 is 14.0 Å². The van der Waals surface area contributed by atoms with Crippen molar-refractivity contribution in [2.24, 2.45) is 11.8 Å². The van der Waals surface area contributed by atoms with Gasteiger partial charge in [-0.1, -0.05) is 38.8 Å². The summed E-state index contributed by atoms with van der Waals surface area (Å²) in [4.78, 5) is 23.8. The van der Waals surface area contributed by atoms with Crippen LogP contribution in [-0.2, 0) is 9.59 Å². The number of carbonyl (C=O) groups excluding carboxylic acids is 2. The standard InChI is InChI=1S/C16H20FNO2/c1-3-4-10(2)13-9-14(19)18-16(20)15(13)11-5-7-12(17)8-6-11/h5-8,10,13,15H,3-4,9H2,1-2H3,(H,18,19,20). The molecule has 1 heterocycles. The van der Waals surface area contributed by atoms with Gasteiger partial charge in [0.25, 0.3) is 0 Å². The van der Waals surface area contributed by atoms with E-state index in [-0.39, 0.29) is 35.4 Å². The van der Waals surface area contributed by atoms with Crippen LogP contribution >= 0.6 is 0 Å². The van der Waals surface area contributed by atoms with E-state index in [1.165, 1.54) is 12.1 Å². The molecule has 108 valence electrons. The van der Waals surface area contributed by atoms with Gasteiger partial charge in [0.2, 0.25) is 11.8 Å². The maximum Gasteiger partial charge on any atom is 0.234 e. The van der Waals surface area contributed by atoms with E-state index in [9.17, 15) is 14.0 Å². The Morgan fingerprint density at radius 1 is 1.30 bits per heavy atom. The molecule has 0 aromatic heterocycles. The predicted molar refractivity (Wildman–Crippen MR) is 74.5 cm³/mol. The highest BCUT2D eigenvalue weighted by Gasteiger charge is 2.39. The molecule has 1 aliphatic heterocycles. The summed E-state index contributed by atoms with van der Waals surface area (Å²) in [6.07, 6.45) is 2.35. The minimum absolute atomic E-state index is 0.0124. The Balaban J connectivity index is 2.31. The fourth-order valence-electron chi connectivity index (χ4n) is 3.06. The van der Waals surface area contributed by atoms with Gasteiger partial charge in [-0.25, -0.2) is 4.39 Å². The molecule has 1 fully saturated rings. The highest BCUT2D eigenvalue weighted by atomic mass is 19.1. The second-order valence-electron chi connectivity index (χ2n) is 5.58. The number of rotatable bonds is 4. The van der Waals surface area contributed by atoms with Gasteiger partial charge in [-0.05, 0) is 29.5 Å². The summed E-state index contributed by atoms with van der Waals surface area (Å²) < 4.78 is 13.0. The van der Waals surface area contributed by atoms with Crippen molar-refractivity contribution >= 4 is 11.8 Å². The van der Waals surface area contributed by atoms with Crippen LogP contribution < -0.4 is 5.32 Å². The number of nitrogens with one attached hydrogen (secondary N) is 1. The summed E-state index contributed by atoms with van der Waals surface area (Å²) in [7, 11) is 0. The zero-order valence-corrected chi connectivity index (χ0v) is 11.9. The number of amides is 2. The maximum absolute atomic E-state index is 13.0. The van der Waals surface area contributed by atoms with E-state index in [0.29, 0.717) is 6.42 Å². The number of piperidine rings is 1. The molecule has 1 aliphatic rings. The quantitative estimate of drug-likeness (QED) is 0.860. The van der Waals surface area contributed by atoms with E-state index in [1.54, 1.807) is 12.1 Å². The highest BCUT2D eigenvalue weighted by Crippen LogP contribution is 2.37. The fraction of sp³-hybridized carbons (Fsp3) is 0.500. The molecule has 1 saturated heterocycles. The molecule has 3 unspecified atom stereocenters.